The fraction of sp³-hybridized carbons (Fsp3) is 0.727. The van der Waals surface area contributed by atoms with Gasteiger partial charge in [-0.3, -0.25) is 28.5 Å². The molecule has 2 rings (SSSR count). The second-order valence-corrected chi connectivity index (χ2v) is 12.6. The number of alkyl halides is 1. The Kier molecular flexibility index (Phi) is 9.71. The Hall–Kier alpha value is -2.46. The Balaban J connectivity index is 2.22. The van der Waals surface area contributed by atoms with Crippen molar-refractivity contribution >= 4 is 19.8 Å². The molecule has 0 saturated carbocycles. The number of esters is 2. The molecule has 1 aliphatic rings. The van der Waals surface area contributed by atoms with Crippen molar-refractivity contribution in [3.8, 4) is 0 Å². The number of nitrogens with one attached hydrogen (secondary N) is 1. The van der Waals surface area contributed by atoms with Crippen molar-refractivity contribution in [3.63, 3.8) is 0 Å². The van der Waals surface area contributed by atoms with E-state index in [9.17, 15) is 34.0 Å². The molecule has 0 bridgehead atoms. The number of hydrogen-bond acceptors (Lipinski definition) is 13. The number of halogens is 1. The van der Waals surface area contributed by atoms with Gasteiger partial charge in [-0.2, -0.15) is 0 Å². The summed E-state index contributed by atoms with van der Waals surface area (Å²) in [4.78, 5) is 49.4. The van der Waals surface area contributed by atoms with Crippen molar-refractivity contribution in [2.45, 2.75) is 72.3 Å². The second kappa shape index (κ2) is 11.6. The van der Waals surface area contributed by atoms with Gasteiger partial charge in [-0.25, -0.2) is 22.8 Å². The van der Waals surface area contributed by atoms with Gasteiger partial charge in [0.15, 0.2) is 6.23 Å². The zero-order valence-electron chi connectivity index (χ0n) is 22.6. The van der Waals surface area contributed by atoms with Crippen LogP contribution in [0.3, 0.4) is 0 Å². The van der Waals surface area contributed by atoms with Gasteiger partial charge in [-0.1, -0.05) is 0 Å². The zero-order chi connectivity index (χ0) is 30.0. The highest BCUT2D eigenvalue weighted by atomic mass is 31.2. The molecule has 1 saturated heterocycles. The first-order valence-corrected chi connectivity index (χ1v) is 13.1. The van der Waals surface area contributed by atoms with Crippen LogP contribution in [0.2, 0.25) is 0 Å². The van der Waals surface area contributed by atoms with Crippen LogP contribution in [0.25, 0.3) is 0 Å². The summed E-state index contributed by atoms with van der Waals surface area (Å²) in [6.07, 6.45) is -3.35. The number of carbonyl (C=O) groups excluding carboxylic acids is 2. The van der Waals surface area contributed by atoms with Crippen LogP contribution in [0.4, 0.5) is 4.39 Å². The topological polar surface area (TPSA) is 202 Å². The predicted molar refractivity (Wildman–Crippen MR) is 128 cm³/mol. The standard InChI is InChI=1S/C22H34FN2O13P/c1-19(2,3)16(28)33-11-36-39(32,37-12-34-17(29)20(4,5)6)35-10-22(23)14(27)21(7,31)15(38-22)25-9-8-13(26)24-18(25)30/h8-9,14-15,27,31H,10-12H2,1-7H3,(H,24,26,30). The van der Waals surface area contributed by atoms with E-state index in [1.165, 1.54) is 41.5 Å². The van der Waals surface area contributed by atoms with Crippen molar-refractivity contribution in [1.82, 2.24) is 9.55 Å². The fourth-order valence-electron chi connectivity index (χ4n) is 3.00. The monoisotopic (exact) mass is 584 g/mol. The van der Waals surface area contributed by atoms with E-state index in [-0.39, 0.29) is 0 Å². The first kappa shape index (κ1) is 32.8. The van der Waals surface area contributed by atoms with Crippen LogP contribution in [0.5, 0.6) is 0 Å². The Bertz CT molecular complexity index is 1180. The minimum absolute atomic E-state index is 0.621. The maximum absolute atomic E-state index is 15.7. The van der Waals surface area contributed by atoms with Crippen LogP contribution in [-0.4, -0.2) is 69.5 Å². The molecule has 0 amide bonds. The maximum Gasteiger partial charge on any atom is 0.480 e. The van der Waals surface area contributed by atoms with E-state index < -0.39 is 85.8 Å². The number of rotatable bonds is 10. The molecule has 0 aromatic carbocycles. The molecular weight excluding hydrogens is 550 g/mol. The first-order valence-electron chi connectivity index (χ1n) is 11.6. The molecule has 4 unspecified atom stereocenters. The van der Waals surface area contributed by atoms with Crippen LogP contribution in [-0.2, 0) is 41.9 Å². The van der Waals surface area contributed by atoms with Crippen LogP contribution in [0.15, 0.2) is 21.9 Å². The molecule has 15 nitrogen and oxygen atoms in total. The van der Waals surface area contributed by atoms with E-state index in [4.69, 9.17) is 27.8 Å². The van der Waals surface area contributed by atoms with Crippen molar-refractivity contribution in [2.75, 3.05) is 20.2 Å². The van der Waals surface area contributed by atoms with Gasteiger partial charge in [0.2, 0.25) is 13.6 Å². The normalized spacial score (nSPS) is 25.9. The van der Waals surface area contributed by atoms with Gasteiger partial charge >= 0.3 is 25.5 Å². The SMILES string of the molecule is CC(C)(C)C(=O)OCOP(=O)(OCOC(=O)C(C)(C)C)OCC1(F)OC(n2ccc(=O)[nH]c2=O)C(C)(O)C1O. The number of aliphatic hydroxyl groups is 2. The maximum atomic E-state index is 15.7. The zero-order valence-corrected chi connectivity index (χ0v) is 23.5. The lowest BCUT2D eigenvalue weighted by atomic mass is 9.95. The highest BCUT2D eigenvalue weighted by molar-refractivity contribution is 7.48. The minimum atomic E-state index is -4.89. The molecule has 0 spiro atoms. The van der Waals surface area contributed by atoms with Gasteiger partial charge in [0.1, 0.15) is 18.3 Å². The lowest BCUT2D eigenvalue weighted by molar-refractivity contribution is -0.207. The Morgan fingerprint density at radius 3 is 2.00 bits per heavy atom. The lowest BCUT2D eigenvalue weighted by Gasteiger charge is -2.28. The van der Waals surface area contributed by atoms with E-state index in [1.807, 2.05) is 4.98 Å². The smallest absolute Gasteiger partial charge is 0.437 e. The number of aromatic amines is 1. The average Bonchev–Trinajstić information content (AvgIpc) is 2.97. The lowest BCUT2D eigenvalue weighted by Crippen LogP contribution is -2.50. The van der Waals surface area contributed by atoms with E-state index >= 15 is 4.39 Å². The molecule has 17 heteroatoms. The van der Waals surface area contributed by atoms with E-state index in [0.29, 0.717) is 4.57 Å². The summed E-state index contributed by atoms with van der Waals surface area (Å²) in [5, 5.41) is 21.2. The molecular formula is C22H34FN2O13P. The molecule has 3 N–H and O–H groups in total. The largest absolute Gasteiger partial charge is 0.480 e. The molecule has 2 heterocycles. The second-order valence-electron chi connectivity index (χ2n) is 11.0. The van der Waals surface area contributed by atoms with Crippen molar-refractivity contribution in [1.29, 1.82) is 0 Å². The summed E-state index contributed by atoms with van der Waals surface area (Å²) in [6.45, 7) is 6.82. The van der Waals surface area contributed by atoms with Gasteiger partial charge in [-0.15, -0.1) is 0 Å². The summed E-state index contributed by atoms with van der Waals surface area (Å²) in [5.74, 6) is -4.82. The fourth-order valence-corrected chi connectivity index (χ4v) is 3.93. The first-order chi connectivity index (χ1) is 17.6. The molecule has 1 aromatic heterocycles. The Morgan fingerprint density at radius 1 is 1.08 bits per heavy atom. The molecule has 1 aliphatic heterocycles. The molecule has 39 heavy (non-hydrogen) atoms. The summed E-state index contributed by atoms with van der Waals surface area (Å²) in [7, 11) is -4.89. The van der Waals surface area contributed by atoms with Gasteiger partial charge in [0.25, 0.3) is 11.4 Å². The molecule has 0 radical (unpaired) electrons. The van der Waals surface area contributed by atoms with E-state index in [2.05, 4.69) is 0 Å². The Labute approximate surface area is 222 Å². The van der Waals surface area contributed by atoms with Crippen LogP contribution < -0.4 is 11.2 Å². The summed E-state index contributed by atoms with van der Waals surface area (Å²) in [6, 6.07) is 0.898. The van der Waals surface area contributed by atoms with Gasteiger partial charge in [-0.05, 0) is 48.5 Å². The van der Waals surface area contributed by atoms with Crippen molar-refractivity contribution in [2.24, 2.45) is 10.8 Å². The number of phosphoric acid groups is 1. The summed E-state index contributed by atoms with van der Waals surface area (Å²) in [5.41, 5.74) is -6.23. The quantitative estimate of drug-likeness (QED) is 0.201. The van der Waals surface area contributed by atoms with E-state index in [1.54, 1.807) is 0 Å². The molecule has 1 aromatic rings. The van der Waals surface area contributed by atoms with Gasteiger partial charge in [0.05, 0.1) is 10.8 Å². The van der Waals surface area contributed by atoms with Crippen LogP contribution in [0, 0.1) is 10.8 Å². The predicted octanol–water partition coefficient (Wildman–Crippen LogP) is 1.09. The summed E-state index contributed by atoms with van der Waals surface area (Å²) >= 11 is 0. The van der Waals surface area contributed by atoms with Crippen LogP contribution >= 0.6 is 7.82 Å². The molecule has 0 aliphatic carbocycles. The average molecular weight is 584 g/mol. The third-order valence-corrected chi connectivity index (χ3v) is 6.61. The third-order valence-electron chi connectivity index (χ3n) is 5.32. The van der Waals surface area contributed by atoms with Crippen molar-refractivity contribution in [3.05, 3.63) is 33.1 Å². The third kappa shape index (κ3) is 8.03. The molecule has 4 atom stereocenters. The Morgan fingerprint density at radius 2 is 1.56 bits per heavy atom. The number of hydrogen-bond donors (Lipinski definition) is 3. The number of aromatic nitrogens is 2. The number of phosphoric ester groups is 1. The molecule has 1 fully saturated rings. The highest BCUT2D eigenvalue weighted by Crippen LogP contribution is 2.53. The number of carbonyl (C=O) groups is 2. The number of H-pyrrole nitrogens is 1. The summed E-state index contributed by atoms with van der Waals surface area (Å²) < 4.78 is 59.1. The number of nitrogens with zero attached hydrogens (tertiary/aromatic N) is 1. The van der Waals surface area contributed by atoms with E-state index in [0.717, 1.165) is 19.2 Å². The minimum Gasteiger partial charge on any atom is -0.437 e. The highest BCUT2D eigenvalue weighted by Gasteiger charge is 2.63. The van der Waals surface area contributed by atoms with Gasteiger partial charge in [0, 0.05) is 12.3 Å². The molecule has 222 valence electrons. The van der Waals surface area contributed by atoms with Crippen LogP contribution in [0.1, 0.15) is 54.7 Å². The van der Waals surface area contributed by atoms with Gasteiger partial charge < -0.3 is 24.4 Å². The van der Waals surface area contributed by atoms with Crippen molar-refractivity contribution < 1.29 is 56.5 Å². The number of ether oxygens (including phenoxy) is 3. The number of aliphatic hydroxyl groups excluding tert-OH is 1.